The Bertz CT molecular complexity index is 1030. The van der Waals surface area contributed by atoms with Crippen LogP contribution in [0.5, 0.6) is 5.75 Å². The van der Waals surface area contributed by atoms with Crippen LogP contribution in [0.3, 0.4) is 0 Å². The molecule has 2 N–H and O–H groups in total. The first-order chi connectivity index (χ1) is 16.8. The molecule has 1 aliphatic heterocycles. The van der Waals surface area contributed by atoms with Crippen LogP contribution in [0.25, 0.3) is 0 Å². The maximum Gasteiger partial charge on any atom is 0.308 e. The number of benzene rings is 2. The molecule has 0 spiro atoms. The topological polar surface area (TPSA) is 97.0 Å². The number of ether oxygens (including phenoxy) is 2. The van der Waals surface area contributed by atoms with Crippen molar-refractivity contribution < 1.29 is 23.9 Å². The first kappa shape index (κ1) is 26.2. The summed E-state index contributed by atoms with van der Waals surface area (Å²) in [6.45, 7) is 5.64. The van der Waals surface area contributed by atoms with Crippen molar-refractivity contribution in [1.82, 2.24) is 15.5 Å². The van der Waals surface area contributed by atoms with Crippen molar-refractivity contribution in [2.45, 2.75) is 32.7 Å². The zero-order valence-electron chi connectivity index (χ0n) is 20.0. The molecule has 2 amide bonds. The third kappa shape index (κ3) is 8.06. The van der Waals surface area contributed by atoms with Gasteiger partial charge < -0.3 is 19.7 Å². The molecule has 186 valence electrons. The molecule has 1 saturated heterocycles. The van der Waals surface area contributed by atoms with Crippen molar-refractivity contribution in [1.29, 1.82) is 0 Å². The molecule has 0 radical (unpaired) electrons. The van der Waals surface area contributed by atoms with Gasteiger partial charge >= 0.3 is 5.97 Å². The lowest BCUT2D eigenvalue weighted by Crippen LogP contribution is -2.60. The highest BCUT2D eigenvalue weighted by Gasteiger charge is 2.34. The Kier molecular flexibility index (Phi) is 9.60. The summed E-state index contributed by atoms with van der Waals surface area (Å²) in [6.07, 6.45) is 0.418. The molecule has 0 aromatic heterocycles. The van der Waals surface area contributed by atoms with Gasteiger partial charge in [0.2, 0.25) is 5.91 Å². The van der Waals surface area contributed by atoms with Crippen LogP contribution < -0.4 is 15.4 Å². The van der Waals surface area contributed by atoms with E-state index in [4.69, 9.17) is 21.7 Å². The van der Waals surface area contributed by atoms with E-state index in [9.17, 15) is 14.4 Å². The van der Waals surface area contributed by atoms with Crippen LogP contribution in [-0.4, -0.2) is 60.1 Å². The summed E-state index contributed by atoms with van der Waals surface area (Å²) >= 11 is 5.42. The van der Waals surface area contributed by atoms with E-state index in [2.05, 4.69) is 24.5 Å². The number of rotatable bonds is 9. The number of hydrogen-bond acceptors (Lipinski definition) is 6. The third-order valence-electron chi connectivity index (χ3n) is 5.37. The molecule has 8 nitrogen and oxygen atoms in total. The van der Waals surface area contributed by atoms with Gasteiger partial charge in [0.05, 0.1) is 19.6 Å². The van der Waals surface area contributed by atoms with Gasteiger partial charge in [0.15, 0.2) is 5.11 Å². The number of carbonyl (C=O) groups is 3. The smallest absolute Gasteiger partial charge is 0.308 e. The third-order valence-corrected chi connectivity index (χ3v) is 5.71. The largest absolute Gasteiger partial charge is 0.493 e. The van der Waals surface area contributed by atoms with Crippen molar-refractivity contribution in [3.05, 3.63) is 65.7 Å². The molecular weight excluding hydrogens is 466 g/mol. The summed E-state index contributed by atoms with van der Waals surface area (Å²) in [5.74, 6) is -0.165. The Labute approximate surface area is 211 Å². The van der Waals surface area contributed by atoms with Gasteiger partial charge in [0, 0.05) is 25.1 Å². The van der Waals surface area contributed by atoms with Crippen LogP contribution in [0.15, 0.2) is 54.6 Å². The minimum absolute atomic E-state index is 0.0899. The molecule has 1 unspecified atom stereocenters. The number of carbonyl (C=O) groups excluding carboxylic acids is 3. The normalized spacial score (nSPS) is 15.3. The summed E-state index contributed by atoms with van der Waals surface area (Å²) < 4.78 is 11.0. The van der Waals surface area contributed by atoms with Gasteiger partial charge in [0.1, 0.15) is 11.8 Å². The van der Waals surface area contributed by atoms with Gasteiger partial charge in [-0.2, -0.15) is 0 Å². The average Bonchev–Trinajstić information content (AvgIpc) is 2.85. The highest BCUT2D eigenvalue weighted by Crippen LogP contribution is 2.15. The highest BCUT2D eigenvalue weighted by atomic mass is 32.1. The van der Waals surface area contributed by atoms with E-state index in [1.807, 2.05) is 30.3 Å². The van der Waals surface area contributed by atoms with E-state index >= 15 is 0 Å². The number of hydrogen-bond donors (Lipinski definition) is 2. The van der Waals surface area contributed by atoms with Gasteiger partial charge in [-0.05, 0) is 48.0 Å². The minimum atomic E-state index is -0.854. The summed E-state index contributed by atoms with van der Waals surface area (Å²) in [5.41, 5.74) is 1.46. The van der Waals surface area contributed by atoms with Gasteiger partial charge in [-0.15, -0.1) is 0 Å². The lowest BCUT2D eigenvalue weighted by molar-refractivity contribution is -0.147. The lowest BCUT2D eigenvalue weighted by Gasteiger charge is -2.36. The van der Waals surface area contributed by atoms with Crippen LogP contribution in [0.2, 0.25) is 0 Å². The highest BCUT2D eigenvalue weighted by molar-refractivity contribution is 7.80. The van der Waals surface area contributed by atoms with Gasteiger partial charge in [-0.3, -0.25) is 19.7 Å². The second-order valence-electron chi connectivity index (χ2n) is 8.65. The Hall–Kier alpha value is -3.46. The average molecular weight is 498 g/mol. The van der Waals surface area contributed by atoms with Gasteiger partial charge in [-0.1, -0.05) is 44.2 Å². The molecule has 2 aromatic rings. The Morgan fingerprint density at radius 1 is 1.14 bits per heavy atom. The molecule has 1 atom stereocenters. The zero-order chi connectivity index (χ0) is 25.2. The molecule has 0 bridgehead atoms. The Balaban J connectivity index is 1.54. The van der Waals surface area contributed by atoms with E-state index < -0.39 is 17.9 Å². The van der Waals surface area contributed by atoms with Crippen LogP contribution in [-0.2, 0) is 20.7 Å². The number of amides is 2. The van der Waals surface area contributed by atoms with Gasteiger partial charge in [0.25, 0.3) is 5.91 Å². The molecule has 35 heavy (non-hydrogen) atoms. The second kappa shape index (κ2) is 12.9. The minimum Gasteiger partial charge on any atom is -0.493 e. The second-order valence-corrected chi connectivity index (χ2v) is 9.04. The summed E-state index contributed by atoms with van der Waals surface area (Å²) in [4.78, 5) is 39.2. The van der Waals surface area contributed by atoms with Crippen molar-refractivity contribution >= 4 is 35.1 Å². The van der Waals surface area contributed by atoms with Crippen LogP contribution in [0.1, 0.15) is 36.2 Å². The van der Waals surface area contributed by atoms with E-state index in [1.165, 1.54) is 0 Å². The van der Waals surface area contributed by atoms with E-state index in [-0.39, 0.29) is 24.0 Å². The van der Waals surface area contributed by atoms with Crippen molar-refractivity contribution in [3.8, 4) is 5.75 Å². The molecule has 1 fully saturated rings. The molecule has 0 saturated carbocycles. The summed E-state index contributed by atoms with van der Waals surface area (Å²) in [6, 6.07) is 15.6. The summed E-state index contributed by atoms with van der Waals surface area (Å²) in [7, 11) is 0. The number of thiocarbonyl (C=S) groups is 1. The van der Waals surface area contributed by atoms with Crippen LogP contribution in [0.4, 0.5) is 0 Å². The fourth-order valence-electron chi connectivity index (χ4n) is 3.51. The van der Waals surface area contributed by atoms with Crippen molar-refractivity contribution in [3.63, 3.8) is 0 Å². The molecular formula is C26H31N3O5S. The Morgan fingerprint density at radius 2 is 1.86 bits per heavy atom. The van der Waals surface area contributed by atoms with Crippen LogP contribution in [0, 0.1) is 5.92 Å². The molecule has 1 aliphatic rings. The molecule has 0 aliphatic carbocycles. The van der Waals surface area contributed by atoms with Crippen molar-refractivity contribution in [2.75, 3.05) is 26.3 Å². The fourth-order valence-corrected chi connectivity index (χ4v) is 3.82. The number of esters is 1. The Morgan fingerprint density at radius 3 is 2.54 bits per heavy atom. The zero-order valence-corrected chi connectivity index (χ0v) is 20.8. The van der Waals surface area contributed by atoms with E-state index in [1.54, 1.807) is 29.2 Å². The molecule has 1 heterocycles. The first-order valence-corrected chi connectivity index (χ1v) is 12.1. The number of nitrogens with zero attached hydrogens (tertiary/aromatic N) is 1. The number of nitrogens with one attached hydrogen (secondary N) is 2. The quantitative estimate of drug-likeness (QED) is 0.406. The van der Waals surface area contributed by atoms with Crippen LogP contribution >= 0.6 is 12.2 Å². The monoisotopic (exact) mass is 497 g/mol. The first-order valence-electron chi connectivity index (χ1n) is 11.7. The maximum absolute atomic E-state index is 12.7. The SMILES string of the molecule is CC(C)COc1ccc(C(=O)NC(=S)N2CCNC(=O)C2CC(=O)OCCc2ccccc2)cc1. The maximum atomic E-state index is 12.7. The lowest BCUT2D eigenvalue weighted by atomic mass is 10.1. The van der Waals surface area contributed by atoms with E-state index in [0.717, 1.165) is 5.56 Å². The van der Waals surface area contributed by atoms with Gasteiger partial charge in [-0.25, -0.2) is 0 Å². The standard InChI is InChI=1S/C26H31N3O5S/c1-18(2)17-34-21-10-8-20(9-11-21)24(31)28-26(35)29-14-13-27-25(32)22(29)16-23(30)33-15-12-19-6-4-3-5-7-19/h3-11,18,22H,12-17H2,1-2H3,(H,27,32)(H,28,31,35). The number of piperazine rings is 1. The van der Waals surface area contributed by atoms with E-state index in [0.29, 0.717) is 43.3 Å². The predicted octanol–water partition coefficient (Wildman–Crippen LogP) is 2.71. The summed E-state index contributed by atoms with van der Waals surface area (Å²) in [5, 5.41) is 5.50. The predicted molar refractivity (Wildman–Crippen MR) is 136 cm³/mol. The molecule has 2 aromatic carbocycles. The van der Waals surface area contributed by atoms with Crippen molar-refractivity contribution in [2.24, 2.45) is 5.92 Å². The molecule has 9 heteroatoms. The fraction of sp³-hybridized carbons (Fsp3) is 0.385. The molecule has 3 rings (SSSR count).